The summed E-state index contributed by atoms with van der Waals surface area (Å²) >= 11 is 1.33. The minimum Gasteiger partial charge on any atom is -0.494 e. The van der Waals surface area contributed by atoms with Gasteiger partial charge in [0, 0.05) is 17.4 Å². The Morgan fingerprint density at radius 3 is 2.47 bits per heavy atom. The number of nitrogens with one attached hydrogen (secondary N) is 1. The van der Waals surface area contributed by atoms with Crippen LogP contribution in [0.25, 0.3) is 11.1 Å². The topological polar surface area (TPSA) is 64.6 Å². The van der Waals surface area contributed by atoms with Gasteiger partial charge in [0.25, 0.3) is 0 Å². The molecule has 0 unspecified atom stereocenters. The number of carbonyl (C=O) groups excluding carboxylic acids is 2. The number of ether oxygens (including phenoxy) is 2. The molecule has 6 heteroatoms. The average Bonchev–Trinajstić information content (AvgIpc) is 3.16. The summed E-state index contributed by atoms with van der Waals surface area (Å²) in [4.78, 5) is 25.0. The normalized spacial score (nSPS) is 10.5. The number of para-hydroxylation sites is 1. The summed E-state index contributed by atoms with van der Waals surface area (Å²) in [5.74, 6) is 0.190. The number of esters is 1. The fourth-order valence-corrected chi connectivity index (χ4v) is 3.90. The van der Waals surface area contributed by atoms with Crippen LogP contribution in [-0.4, -0.2) is 25.1 Å². The smallest absolute Gasteiger partial charge is 0.341 e. The lowest BCUT2D eigenvalue weighted by Gasteiger charge is -2.09. The summed E-state index contributed by atoms with van der Waals surface area (Å²) in [6, 6.07) is 17.4. The first-order valence-electron chi connectivity index (χ1n) is 9.92. The van der Waals surface area contributed by atoms with E-state index in [9.17, 15) is 9.59 Å². The van der Waals surface area contributed by atoms with Crippen molar-refractivity contribution in [2.24, 2.45) is 0 Å². The van der Waals surface area contributed by atoms with Gasteiger partial charge in [-0.15, -0.1) is 11.3 Å². The molecular weight excluding hydrogens is 398 g/mol. The first-order chi connectivity index (χ1) is 14.6. The predicted molar refractivity (Wildman–Crippen MR) is 120 cm³/mol. The Balaban J connectivity index is 1.66. The van der Waals surface area contributed by atoms with E-state index in [2.05, 4.69) is 5.32 Å². The van der Waals surface area contributed by atoms with Crippen LogP contribution in [0.15, 0.2) is 60.0 Å². The molecule has 1 amide bonds. The Kier molecular flexibility index (Phi) is 7.63. The summed E-state index contributed by atoms with van der Waals surface area (Å²) in [6.45, 7) is 4.49. The molecule has 0 aliphatic rings. The molecule has 0 aliphatic heterocycles. The van der Waals surface area contributed by atoms with Crippen molar-refractivity contribution in [3.8, 4) is 16.9 Å². The maximum atomic E-state index is 12.6. The lowest BCUT2D eigenvalue weighted by atomic mass is 10.0. The molecule has 1 N–H and O–H groups in total. The second-order valence-corrected chi connectivity index (χ2v) is 7.63. The second-order valence-electron chi connectivity index (χ2n) is 6.75. The Hall–Kier alpha value is -3.12. The molecule has 0 bridgehead atoms. The first-order valence-corrected chi connectivity index (χ1v) is 10.8. The Labute approximate surface area is 180 Å². The largest absolute Gasteiger partial charge is 0.494 e. The van der Waals surface area contributed by atoms with Gasteiger partial charge in [-0.3, -0.25) is 4.79 Å². The van der Waals surface area contributed by atoms with E-state index in [1.165, 1.54) is 11.3 Å². The molecule has 0 saturated carbocycles. The minimum atomic E-state index is -0.433. The van der Waals surface area contributed by atoms with Gasteiger partial charge in [-0.2, -0.15) is 0 Å². The van der Waals surface area contributed by atoms with Gasteiger partial charge in [0.1, 0.15) is 16.3 Å². The van der Waals surface area contributed by atoms with Crippen molar-refractivity contribution in [2.45, 2.75) is 26.7 Å². The zero-order valence-corrected chi connectivity index (χ0v) is 18.0. The predicted octanol–water partition coefficient (Wildman–Crippen LogP) is 5.70. The molecule has 0 atom stereocenters. The van der Waals surface area contributed by atoms with E-state index in [0.29, 0.717) is 30.0 Å². The molecular formula is C24H25NO4S. The van der Waals surface area contributed by atoms with E-state index in [-0.39, 0.29) is 12.5 Å². The highest BCUT2D eigenvalue weighted by Gasteiger charge is 2.22. The summed E-state index contributed by atoms with van der Waals surface area (Å²) in [5.41, 5.74) is 3.22. The molecule has 0 saturated heterocycles. The molecule has 3 aromatic rings. The van der Waals surface area contributed by atoms with Crippen molar-refractivity contribution >= 4 is 28.2 Å². The molecule has 156 valence electrons. The number of benzene rings is 2. The molecule has 0 aliphatic carbocycles. The molecule has 0 fully saturated rings. The van der Waals surface area contributed by atoms with Crippen molar-refractivity contribution < 1.29 is 19.1 Å². The van der Waals surface area contributed by atoms with Crippen LogP contribution in [0, 0.1) is 6.92 Å². The van der Waals surface area contributed by atoms with Crippen LogP contribution in [0.3, 0.4) is 0 Å². The number of hydrogen-bond acceptors (Lipinski definition) is 5. The quantitative estimate of drug-likeness (QED) is 0.354. The van der Waals surface area contributed by atoms with Gasteiger partial charge < -0.3 is 14.8 Å². The third-order valence-electron chi connectivity index (χ3n) is 4.45. The van der Waals surface area contributed by atoms with Crippen LogP contribution in [-0.2, 0) is 9.53 Å². The second kappa shape index (κ2) is 10.6. The number of anilines is 1. The standard InChI is InChI=1S/C24H25NO4S/c1-3-28-24(27)22-20(18-13-11-17(2)12-14-18)16-30-23(22)25-21(26)10-7-15-29-19-8-5-4-6-9-19/h4-6,8-9,11-14,16H,3,7,10,15H2,1-2H3,(H,25,26). The maximum Gasteiger partial charge on any atom is 0.341 e. The summed E-state index contributed by atoms with van der Waals surface area (Å²) in [5, 5.41) is 5.27. The Bertz CT molecular complexity index is 980. The Morgan fingerprint density at radius 2 is 1.77 bits per heavy atom. The highest BCUT2D eigenvalue weighted by Crippen LogP contribution is 2.36. The first kappa shape index (κ1) is 21.6. The lowest BCUT2D eigenvalue weighted by Crippen LogP contribution is -2.15. The fourth-order valence-electron chi connectivity index (χ4n) is 2.93. The number of carbonyl (C=O) groups is 2. The molecule has 0 spiro atoms. The van der Waals surface area contributed by atoms with Crippen molar-refractivity contribution in [1.82, 2.24) is 0 Å². The van der Waals surface area contributed by atoms with Crippen molar-refractivity contribution in [3.05, 3.63) is 71.1 Å². The number of rotatable bonds is 9. The summed E-state index contributed by atoms with van der Waals surface area (Å²) in [7, 11) is 0. The zero-order valence-electron chi connectivity index (χ0n) is 17.1. The van der Waals surface area contributed by atoms with Gasteiger partial charge >= 0.3 is 5.97 Å². The van der Waals surface area contributed by atoms with Gasteiger partial charge in [0.15, 0.2) is 0 Å². The summed E-state index contributed by atoms with van der Waals surface area (Å²) in [6.07, 6.45) is 0.874. The molecule has 1 aromatic heterocycles. The van der Waals surface area contributed by atoms with Gasteiger partial charge in [-0.05, 0) is 38.0 Å². The van der Waals surface area contributed by atoms with E-state index in [1.54, 1.807) is 6.92 Å². The number of hydrogen-bond donors (Lipinski definition) is 1. The van der Waals surface area contributed by atoms with Crippen LogP contribution in [0.1, 0.15) is 35.7 Å². The van der Waals surface area contributed by atoms with Gasteiger partial charge in [-0.1, -0.05) is 48.0 Å². The summed E-state index contributed by atoms with van der Waals surface area (Å²) < 4.78 is 10.9. The minimum absolute atomic E-state index is 0.158. The van der Waals surface area contributed by atoms with Crippen molar-refractivity contribution in [2.75, 3.05) is 18.5 Å². The SMILES string of the molecule is CCOC(=O)c1c(-c2ccc(C)cc2)csc1NC(=O)CCCOc1ccccc1. The zero-order chi connectivity index (χ0) is 21.3. The molecule has 30 heavy (non-hydrogen) atoms. The van der Waals surface area contributed by atoms with Gasteiger partial charge in [0.2, 0.25) is 5.91 Å². The fraction of sp³-hybridized carbons (Fsp3) is 0.250. The molecule has 1 heterocycles. The van der Waals surface area contributed by atoms with Crippen LogP contribution < -0.4 is 10.1 Å². The van der Waals surface area contributed by atoms with E-state index in [0.717, 1.165) is 22.4 Å². The van der Waals surface area contributed by atoms with Crippen LogP contribution in [0.2, 0.25) is 0 Å². The van der Waals surface area contributed by atoms with Crippen molar-refractivity contribution in [3.63, 3.8) is 0 Å². The monoisotopic (exact) mass is 423 g/mol. The van der Waals surface area contributed by atoms with E-state index in [4.69, 9.17) is 9.47 Å². The number of amides is 1. The number of aryl methyl sites for hydroxylation is 1. The molecule has 3 rings (SSSR count). The highest BCUT2D eigenvalue weighted by atomic mass is 32.1. The highest BCUT2D eigenvalue weighted by molar-refractivity contribution is 7.15. The molecule has 0 radical (unpaired) electrons. The van der Waals surface area contributed by atoms with Crippen LogP contribution >= 0.6 is 11.3 Å². The average molecular weight is 424 g/mol. The van der Waals surface area contributed by atoms with Gasteiger partial charge in [-0.25, -0.2) is 4.79 Å². The van der Waals surface area contributed by atoms with E-state index < -0.39 is 5.97 Å². The maximum absolute atomic E-state index is 12.6. The molecule has 5 nitrogen and oxygen atoms in total. The molecule has 2 aromatic carbocycles. The van der Waals surface area contributed by atoms with E-state index in [1.807, 2.05) is 66.9 Å². The third-order valence-corrected chi connectivity index (χ3v) is 5.34. The van der Waals surface area contributed by atoms with Crippen LogP contribution in [0.5, 0.6) is 5.75 Å². The number of thiophene rings is 1. The third kappa shape index (κ3) is 5.70. The Morgan fingerprint density at radius 1 is 1.03 bits per heavy atom. The lowest BCUT2D eigenvalue weighted by molar-refractivity contribution is -0.116. The van der Waals surface area contributed by atoms with Crippen LogP contribution in [0.4, 0.5) is 5.00 Å². The van der Waals surface area contributed by atoms with Gasteiger partial charge in [0.05, 0.1) is 13.2 Å². The van der Waals surface area contributed by atoms with Crippen molar-refractivity contribution in [1.29, 1.82) is 0 Å². The van der Waals surface area contributed by atoms with E-state index >= 15 is 0 Å².